The molecule has 44 heavy (non-hydrogen) atoms. The van der Waals surface area contributed by atoms with Crippen molar-refractivity contribution >= 4 is 38.2 Å². The minimum absolute atomic E-state index is 0.00314. The van der Waals surface area contributed by atoms with E-state index in [0.717, 1.165) is 58.1 Å². The summed E-state index contributed by atoms with van der Waals surface area (Å²) >= 11 is 0. The summed E-state index contributed by atoms with van der Waals surface area (Å²) in [6.07, 6.45) is 5.00. The molecule has 2 heterocycles. The highest BCUT2D eigenvalue weighted by atomic mass is 32.2. The number of nitro benzene ring substituents is 1. The Balaban J connectivity index is 1.27. The van der Waals surface area contributed by atoms with Crippen molar-refractivity contribution in [2.75, 3.05) is 31.6 Å². The van der Waals surface area contributed by atoms with Gasteiger partial charge in [0.1, 0.15) is 5.69 Å². The number of rotatable bonds is 9. The maximum atomic E-state index is 14.0. The zero-order chi connectivity index (χ0) is 30.7. The van der Waals surface area contributed by atoms with Gasteiger partial charge in [0, 0.05) is 36.8 Å². The Labute approximate surface area is 253 Å². The fourth-order valence-corrected chi connectivity index (χ4v) is 6.98. The number of aromatic nitrogens is 2. The number of hydrogen-bond acceptors (Lipinski definition) is 10. The molecule has 1 aliphatic carbocycles. The number of nitrogens with zero attached hydrogens (tertiary/aromatic N) is 4. The number of morpholine rings is 1. The molecule has 1 aliphatic heterocycles. The molecule has 0 atom stereocenters. The summed E-state index contributed by atoms with van der Waals surface area (Å²) in [7, 11) is -4.74. The number of benzene rings is 3. The van der Waals surface area contributed by atoms with Crippen LogP contribution >= 0.6 is 0 Å². The molecule has 13 nitrogen and oxygen atoms in total. The molecule has 230 valence electrons. The lowest BCUT2D eigenvalue weighted by molar-refractivity contribution is -0.384. The first kappa shape index (κ1) is 29.5. The lowest BCUT2D eigenvalue weighted by atomic mass is 9.89. The highest BCUT2D eigenvalue weighted by Crippen LogP contribution is 2.34. The number of H-pyrrole nitrogens is 1. The number of sulfonamides is 1. The zero-order valence-electron chi connectivity index (χ0n) is 23.8. The van der Waals surface area contributed by atoms with E-state index in [0.29, 0.717) is 16.9 Å². The Kier molecular flexibility index (Phi) is 8.46. The van der Waals surface area contributed by atoms with E-state index in [4.69, 9.17) is 9.57 Å². The molecule has 1 aromatic heterocycles. The largest absolute Gasteiger partial charge is 0.379 e. The van der Waals surface area contributed by atoms with E-state index in [1.165, 1.54) is 36.5 Å². The average Bonchev–Trinajstić information content (AvgIpc) is 3.54. The van der Waals surface area contributed by atoms with Crippen LogP contribution in [-0.4, -0.2) is 77.2 Å². The Hall–Kier alpha value is -4.53. The first-order chi connectivity index (χ1) is 21.3. The molecule has 0 unspecified atom stereocenters. The van der Waals surface area contributed by atoms with E-state index in [1.54, 1.807) is 30.3 Å². The quantitative estimate of drug-likeness (QED) is 0.203. The molecule has 2 fully saturated rings. The highest BCUT2D eigenvalue weighted by Gasteiger charge is 2.36. The lowest BCUT2D eigenvalue weighted by Gasteiger charge is -2.39. The second-order valence-corrected chi connectivity index (χ2v) is 12.6. The summed E-state index contributed by atoms with van der Waals surface area (Å²) in [5.74, 6) is -0.905. The van der Waals surface area contributed by atoms with Crippen LogP contribution in [0.25, 0.3) is 10.9 Å². The molecular formula is C30H32N6O7S. The van der Waals surface area contributed by atoms with Gasteiger partial charge in [-0.15, -0.1) is 0 Å². The van der Waals surface area contributed by atoms with Crippen molar-refractivity contribution in [2.45, 2.75) is 42.7 Å². The van der Waals surface area contributed by atoms with Crippen molar-refractivity contribution in [3.05, 3.63) is 88.6 Å². The van der Waals surface area contributed by atoms with Gasteiger partial charge < -0.3 is 14.9 Å². The van der Waals surface area contributed by atoms with Gasteiger partial charge in [-0.05, 0) is 62.1 Å². The van der Waals surface area contributed by atoms with Crippen LogP contribution in [0.1, 0.15) is 36.0 Å². The third-order valence-corrected chi connectivity index (χ3v) is 9.64. The number of anilines is 1. The first-order valence-corrected chi connectivity index (χ1v) is 15.9. The number of fused-ring (bicyclic) bond motifs is 1. The molecule has 1 saturated heterocycles. The molecule has 0 bridgehead atoms. The van der Waals surface area contributed by atoms with E-state index in [-0.39, 0.29) is 27.5 Å². The summed E-state index contributed by atoms with van der Waals surface area (Å²) in [6, 6.07) is 16.7. The molecule has 2 aliphatic rings. The van der Waals surface area contributed by atoms with Gasteiger partial charge in [0.2, 0.25) is 0 Å². The van der Waals surface area contributed by atoms with Gasteiger partial charge >= 0.3 is 5.91 Å². The molecule has 3 aromatic carbocycles. The Bertz CT molecular complexity index is 1750. The number of hydrogen-bond donors (Lipinski definition) is 2. The van der Waals surface area contributed by atoms with Crippen LogP contribution in [0, 0.1) is 10.1 Å². The van der Waals surface area contributed by atoms with Gasteiger partial charge in [-0.3, -0.25) is 24.9 Å². The predicted octanol–water partition coefficient (Wildman–Crippen LogP) is 4.35. The number of carbonyl (C=O) groups excluding carboxylic acids is 1. The molecule has 2 N–H and O–H groups in total. The second kappa shape index (κ2) is 12.6. The van der Waals surface area contributed by atoms with E-state index in [1.807, 2.05) is 0 Å². The number of aromatic amines is 1. The molecule has 1 saturated carbocycles. The Morgan fingerprint density at radius 2 is 1.80 bits per heavy atom. The number of amides is 1. The molecule has 1 amide bonds. The van der Waals surface area contributed by atoms with Crippen LogP contribution in [0.15, 0.2) is 77.8 Å². The van der Waals surface area contributed by atoms with Crippen molar-refractivity contribution in [3.63, 3.8) is 0 Å². The van der Waals surface area contributed by atoms with Gasteiger partial charge in [0.25, 0.3) is 15.7 Å². The van der Waals surface area contributed by atoms with E-state index in [2.05, 4.69) is 20.4 Å². The van der Waals surface area contributed by atoms with Gasteiger partial charge in [0.15, 0.2) is 5.75 Å². The highest BCUT2D eigenvalue weighted by molar-refractivity contribution is 7.89. The number of hydroxylamine groups is 1. The summed E-state index contributed by atoms with van der Waals surface area (Å²) in [5, 5.41) is 22.6. The van der Waals surface area contributed by atoms with Gasteiger partial charge in [-0.1, -0.05) is 28.7 Å². The third-order valence-electron chi connectivity index (χ3n) is 8.11. The summed E-state index contributed by atoms with van der Waals surface area (Å²) < 4.78 is 33.7. The van der Waals surface area contributed by atoms with Gasteiger partial charge in [-0.25, -0.2) is 0 Å². The van der Waals surface area contributed by atoms with Crippen LogP contribution in [0.5, 0.6) is 5.75 Å². The zero-order valence-corrected chi connectivity index (χ0v) is 24.6. The minimum Gasteiger partial charge on any atom is -0.379 e. The van der Waals surface area contributed by atoms with E-state index in [9.17, 15) is 23.3 Å². The standard InChI is InChI=1S/C30H32N6O7S/c37-30(21-5-2-1-3-6-21)36(43-29-8-4-7-26-25(29)20-31-33-26)44(40,41)24-13-14-27(28(19-24)35(38)39)32-22-9-11-23(12-10-22)34-15-17-42-18-16-34/h1-8,13-14,19-20,22-23,32H,9-12,15-18H2,(H,31,33). The summed E-state index contributed by atoms with van der Waals surface area (Å²) in [6.45, 7) is 3.29. The number of nitro groups is 1. The molecule has 0 spiro atoms. The Morgan fingerprint density at radius 3 is 2.52 bits per heavy atom. The maximum absolute atomic E-state index is 14.0. The van der Waals surface area contributed by atoms with Crippen molar-refractivity contribution in [3.8, 4) is 5.75 Å². The molecule has 6 rings (SSSR count). The fourth-order valence-electron chi connectivity index (χ4n) is 5.78. The molecule has 0 radical (unpaired) electrons. The van der Waals surface area contributed by atoms with Crippen LogP contribution in [0.4, 0.5) is 11.4 Å². The second-order valence-electron chi connectivity index (χ2n) is 10.8. The lowest BCUT2D eigenvalue weighted by Crippen LogP contribution is -2.46. The molecule has 4 aromatic rings. The Morgan fingerprint density at radius 1 is 1.05 bits per heavy atom. The SMILES string of the molecule is O=C(c1ccccc1)N(Oc1cccc2[nH]ncc12)S(=O)(=O)c1ccc(NC2CCC(N3CCOCC3)CC2)c([N+](=O)[O-])c1. The first-order valence-electron chi connectivity index (χ1n) is 14.4. The van der Waals surface area contributed by atoms with Crippen molar-refractivity contribution in [2.24, 2.45) is 0 Å². The normalized spacial score (nSPS) is 19.4. The van der Waals surface area contributed by atoms with Crippen LogP contribution in [-0.2, 0) is 14.8 Å². The van der Waals surface area contributed by atoms with Crippen molar-refractivity contribution < 1.29 is 27.7 Å². The smallest absolute Gasteiger partial charge is 0.302 e. The fraction of sp³-hybridized carbons (Fsp3) is 0.333. The van der Waals surface area contributed by atoms with Crippen molar-refractivity contribution in [1.82, 2.24) is 19.6 Å². The number of carbonyl (C=O) groups is 1. The van der Waals surface area contributed by atoms with Gasteiger partial charge in [0.05, 0.1) is 40.1 Å². The topological polar surface area (TPSA) is 160 Å². The predicted molar refractivity (Wildman–Crippen MR) is 162 cm³/mol. The third kappa shape index (κ3) is 6.09. The van der Waals surface area contributed by atoms with Crippen LogP contribution in [0.2, 0.25) is 0 Å². The monoisotopic (exact) mass is 620 g/mol. The maximum Gasteiger partial charge on any atom is 0.302 e. The van der Waals surface area contributed by atoms with E-state index >= 15 is 0 Å². The van der Waals surface area contributed by atoms with E-state index < -0.39 is 31.4 Å². The molecule has 14 heteroatoms. The number of nitrogens with one attached hydrogen (secondary N) is 2. The van der Waals surface area contributed by atoms with Crippen LogP contribution < -0.4 is 10.2 Å². The minimum atomic E-state index is -4.74. The summed E-state index contributed by atoms with van der Waals surface area (Å²) in [5.41, 5.74) is 0.423. The average molecular weight is 621 g/mol. The molecular weight excluding hydrogens is 588 g/mol. The number of ether oxygens (including phenoxy) is 1. The summed E-state index contributed by atoms with van der Waals surface area (Å²) in [4.78, 5) is 32.9. The van der Waals surface area contributed by atoms with Gasteiger partial charge in [-0.2, -0.15) is 13.5 Å². The van der Waals surface area contributed by atoms with Crippen LogP contribution in [0.3, 0.4) is 0 Å². The van der Waals surface area contributed by atoms with Crippen molar-refractivity contribution in [1.29, 1.82) is 0 Å².